The van der Waals surface area contributed by atoms with E-state index >= 15 is 0 Å². The van der Waals surface area contributed by atoms with Crippen LogP contribution in [-0.4, -0.2) is 17.5 Å². The van der Waals surface area contributed by atoms with Crippen molar-refractivity contribution >= 4 is 17.6 Å². The van der Waals surface area contributed by atoms with Gasteiger partial charge in [0.1, 0.15) is 11.0 Å². The molecule has 1 aromatic heterocycles. The molecule has 2 rings (SSSR count). The summed E-state index contributed by atoms with van der Waals surface area (Å²) < 4.78 is 13.6. The zero-order valence-corrected chi connectivity index (χ0v) is 13.1. The van der Waals surface area contributed by atoms with Crippen LogP contribution in [0, 0.1) is 5.82 Å². The monoisotopic (exact) mass is 320 g/mol. The normalized spacial score (nSPS) is 11.3. The number of hydrogen-bond acceptors (Lipinski definition) is 2. The average Bonchev–Trinajstić information content (AvgIpc) is 2.53. The summed E-state index contributed by atoms with van der Waals surface area (Å²) in [6, 6.07) is 10.3. The van der Waals surface area contributed by atoms with Crippen LogP contribution in [0.5, 0.6) is 0 Å². The predicted molar refractivity (Wildman–Crippen MR) is 87.3 cm³/mol. The molecule has 22 heavy (non-hydrogen) atoms. The van der Waals surface area contributed by atoms with E-state index in [-0.39, 0.29) is 5.82 Å². The van der Waals surface area contributed by atoms with Crippen LogP contribution in [0.4, 0.5) is 4.39 Å². The number of aliphatic imine (C=N–C) groups is 1. The number of nitrogens with zero attached hydrogens (tertiary/aromatic N) is 2. The first-order valence-corrected chi connectivity index (χ1v) is 7.43. The molecule has 4 nitrogen and oxygen atoms in total. The van der Waals surface area contributed by atoms with Gasteiger partial charge in [-0.15, -0.1) is 0 Å². The second-order valence-corrected chi connectivity index (χ2v) is 5.02. The molecule has 2 N–H and O–H groups in total. The quantitative estimate of drug-likeness (QED) is 0.505. The molecule has 1 heterocycles. The molecule has 0 atom stereocenters. The van der Waals surface area contributed by atoms with Crippen molar-refractivity contribution in [1.29, 1.82) is 0 Å². The summed E-state index contributed by atoms with van der Waals surface area (Å²) in [5, 5.41) is 6.69. The van der Waals surface area contributed by atoms with Gasteiger partial charge in [0.2, 0.25) is 0 Å². The summed E-state index contributed by atoms with van der Waals surface area (Å²) in [6.07, 6.45) is 1.69. The summed E-state index contributed by atoms with van der Waals surface area (Å²) in [5.41, 5.74) is 1.55. The molecule has 6 heteroatoms. The van der Waals surface area contributed by atoms with Crippen LogP contribution in [0.15, 0.2) is 47.6 Å². The van der Waals surface area contributed by atoms with Crippen molar-refractivity contribution < 1.29 is 4.39 Å². The van der Waals surface area contributed by atoms with Crippen molar-refractivity contribution in [3.63, 3.8) is 0 Å². The van der Waals surface area contributed by atoms with Gasteiger partial charge in [-0.25, -0.2) is 14.4 Å². The lowest BCUT2D eigenvalue weighted by molar-refractivity contribution is 0.604. The maximum absolute atomic E-state index is 13.6. The highest BCUT2D eigenvalue weighted by molar-refractivity contribution is 6.29. The van der Waals surface area contributed by atoms with Crippen LogP contribution in [0.1, 0.15) is 18.1 Å². The smallest absolute Gasteiger partial charge is 0.191 e. The van der Waals surface area contributed by atoms with E-state index < -0.39 is 0 Å². The number of guanidine groups is 1. The van der Waals surface area contributed by atoms with Crippen LogP contribution in [0.2, 0.25) is 5.15 Å². The fourth-order valence-electron chi connectivity index (χ4n) is 1.83. The predicted octanol–water partition coefficient (Wildman–Crippen LogP) is 3.13. The summed E-state index contributed by atoms with van der Waals surface area (Å²) >= 11 is 5.75. The molecule has 0 bridgehead atoms. The Bertz CT molecular complexity index is 628. The molecule has 0 saturated carbocycles. The van der Waals surface area contributed by atoms with E-state index in [9.17, 15) is 4.39 Å². The Kier molecular flexibility index (Phi) is 6.15. The van der Waals surface area contributed by atoms with Crippen LogP contribution in [0.25, 0.3) is 0 Å². The lowest BCUT2D eigenvalue weighted by Gasteiger charge is -2.11. The Morgan fingerprint density at radius 1 is 1.23 bits per heavy atom. The third-order valence-electron chi connectivity index (χ3n) is 2.96. The zero-order valence-electron chi connectivity index (χ0n) is 12.3. The fourth-order valence-corrected chi connectivity index (χ4v) is 1.94. The van der Waals surface area contributed by atoms with Crippen molar-refractivity contribution in [3.8, 4) is 0 Å². The zero-order chi connectivity index (χ0) is 15.8. The fraction of sp³-hybridized carbons (Fsp3) is 0.250. The molecule has 2 aromatic rings. The van der Waals surface area contributed by atoms with Crippen molar-refractivity contribution in [2.45, 2.75) is 20.0 Å². The van der Waals surface area contributed by atoms with Gasteiger partial charge in [-0.2, -0.15) is 0 Å². The number of pyridine rings is 1. The number of hydrogen-bond donors (Lipinski definition) is 2. The van der Waals surface area contributed by atoms with E-state index in [1.807, 2.05) is 19.1 Å². The lowest BCUT2D eigenvalue weighted by atomic mass is 10.2. The summed E-state index contributed by atoms with van der Waals surface area (Å²) in [5.74, 6) is 0.397. The third kappa shape index (κ3) is 5.00. The molecule has 1 aromatic carbocycles. The topological polar surface area (TPSA) is 49.3 Å². The minimum absolute atomic E-state index is 0.229. The average molecular weight is 321 g/mol. The summed E-state index contributed by atoms with van der Waals surface area (Å²) in [6.45, 7) is 3.54. The molecular weight excluding hydrogens is 303 g/mol. The molecular formula is C16H18ClFN4. The summed E-state index contributed by atoms with van der Waals surface area (Å²) in [7, 11) is 0. The number of aromatic nitrogens is 1. The Labute approximate surface area is 134 Å². The standard InChI is InChI=1S/C16H18ClFN4/c1-2-19-16(21-10-12-7-8-15(17)20-9-12)22-11-13-5-3-4-6-14(13)18/h3-9H,2,10-11H2,1H3,(H2,19,21,22). The Morgan fingerprint density at radius 2 is 2.05 bits per heavy atom. The first kappa shape index (κ1) is 16.2. The van der Waals surface area contributed by atoms with Crippen molar-refractivity contribution in [2.75, 3.05) is 6.54 Å². The Morgan fingerprint density at radius 3 is 2.73 bits per heavy atom. The number of halogens is 2. The molecule has 0 aliphatic heterocycles. The van der Waals surface area contributed by atoms with E-state index in [1.165, 1.54) is 6.07 Å². The van der Waals surface area contributed by atoms with Crippen LogP contribution in [0.3, 0.4) is 0 Å². The second-order valence-electron chi connectivity index (χ2n) is 4.63. The van der Waals surface area contributed by atoms with Gasteiger partial charge in [0.15, 0.2) is 5.96 Å². The highest BCUT2D eigenvalue weighted by atomic mass is 35.5. The molecule has 0 amide bonds. The molecule has 0 aliphatic carbocycles. The minimum atomic E-state index is -0.229. The van der Waals surface area contributed by atoms with Gasteiger partial charge in [0.05, 0.1) is 6.54 Å². The lowest BCUT2D eigenvalue weighted by Crippen LogP contribution is -2.37. The number of rotatable bonds is 5. The molecule has 116 valence electrons. The van der Waals surface area contributed by atoms with Gasteiger partial charge in [-0.05, 0) is 24.6 Å². The van der Waals surface area contributed by atoms with Crippen molar-refractivity contribution in [2.24, 2.45) is 4.99 Å². The van der Waals surface area contributed by atoms with Gasteiger partial charge >= 0.3 is 0 Å². The second kappa shape index (κ2) is 8.34. The molecule has 0 fully saturated rings. The molecule has 0 spiro atoms. The first-order chi connectivity index (χ1) is 10.7. The SMILES string of the molecule is CCNC(=NCc1ccc(Cl)nc1)NCc1ccccc1F. The highest BCUT2D eigenvalue weighted by Gasteiger charge is 2.02. The molecule has 0 radical (unpaired) electrons. The maximum Gasteiger partial charge on any atom is 0.191 e. The largest absolute Gasteiger partial charge is 0.357 e. The van der Waals surface area contributed by atoms with Gasteiger partial charge in [0.25, 0.3) is 0 Å². The van der Waals surface area contributed by atoms with Gasteiger partial charge < -0.3 is 10.6 Å². The van der Waals surface area contributed by atoms with Crippen LogP contribution < -0.4 is 10.6 Å². The van der Waals surface area contributed by atoms with E-state index in [2.05, 4.69) is 20.6 Å². The maximum atomic E-state index is 13.6. The van der Waals surface area contributed by atoms with E-state index in [0.29, 0.717) is 29.8 Å². The van der Waals surface area contributed by atoms with Crippen LogP contribution in [-0.2, 0) is 13.1 Å². The van der Waals surface area contributed by atoms with Crippen LogP contribution >= 0.6 is 11.6 Å². The third-order valence-corrected chi connectivity index (χ3v) is 3.18. The van der Waals surface area contributed by atoms with Gasteiger partial charge in [-0.1, -0.05) is 35.9 Å². The number of benzene rings is 1. The minimum Gasteiger partial charge on any atom is -0.357 e. The molecule has 0 saturated heterocycles. The Balaban J connectivity index is 1.98. The van der Waals surface area contributed by atoms with E-state index in [1.54, 1.807) is 24.4 Å². The van der Waals surface area contributed by atoms with E-state index in [0.717, 1.165) is 12.1 Å². The summed E-state index contributed by atoms with van der Waals surface area (Å²) in [4.78, 5) is 8.46. The highest BCUT2D eigenvalue weighted by Crippen LogP contribution is 2.07. The molecule has 0 unspecified atom stereocenters. The molecule has 0 aliphatic rings. The van der Waals surface area contributed by atoms with E-state index in [4.69, 9.17) is 11.6 Å². The Hall–Kier alpha value is -2.14. The van der Waals surface area contributed by atoms with Gasteiger partial charge in [0, 0.05) is 24.8 Å². The van der Waals surface area contributed by atoms with Crippen molar-refractivity contribution in [1.82, 2.24) is 15.6 Å². The number of nitrogens with one attached hydrogen (secondary N) is 2. The van der Waals surface area contributed by atoms with Crippen molar-refractivity contribution in [3.05, 3.63) is 64.7 Å². The first-order valence-electron chi connectivity index (χ1n) is 7.05. The van der Waals surface area contributed by atoms with Gasteiger partial charge in [-0.3, -0.25) is 0 Å².